The van der Waals surface area contributed by atoms with Crippen molar-refractivity contribution in [2.24, 2.45) is 5.92 Å². The summed E-state index contributed by atoms with van der Waals surface area (Å²) in [5.41, 5.74) is 4.78. The minimum Gasteiger partial charge on any atom is -0.479 e. The van der Waals surface area contributed by atoms with Crippen LogP contribution < -0.4 is 15.0 Å². The smallest absolute Gasteiger partial charge is 0.479 e. The van der Waals surface area contributed by atoms with E-state index in [0.717, 1.165) is 14.5 Å². The Morgan fingerprint density at radius 3 is 2.37 bits per heavy atom. The summed E-state index contributed by atoms with van der Waals surface area (Å²) < 4.78 is 58.0. The summed E-state index contributed by atoms with van der Waals surface area (Å²) in [5, 5.41) is 53.7. The van der Waals surface area contributed by atoms with Gasteiger partial charge in [0.15, 0.2) is 11.8 Å². The molecule has 2 fully saturated rings. The zero-order chi connectivity index (χ0) is 46.3. The highest BCUT2D eigenvalue weighted by atomic mass is 19.2. The molecule has 0 spiro atoms. The van der Waals surface area contributed by atoms with Crippen LogP contribution in [0.1, 0.15) is 71.5 Å². The topological polar surface area (TPSA) is 194 Å². The largest absolute Gasteiger partial charge is 0.737 e. The number of amides is 2. The maximum absolute atomic E-state index is 15.7. The van der Waals surface area contributed by atoms with E-state index >= 15 is 8.63 Å². The number of carbonyl (C=O) groups excluding carboxylic acids is 2. The fourth-order valence-electron chi connectivity index (χ4n) is 8.94. The number of benzene rings is 3. The van der Waals surface area contributed by atoms with E-state index in [1.54, 1.807) is 79.4 Å². The van der Waals surface area contributed by atoms with Crippen molar-refractivity contribution in [3.63, 3.8) is 0 Å². The number of nitrogens with zero attached hydrogens (tertiary/aromatic N) is 3. The van der Waals surface area contributed by atoms with Crippen molar-refractivity contribution in [2.45, 2.75) is 82.4 Å². The number of hydrogen-bond donors (Lipinski definition) is 6. The third kappa shape index (κ3) is 8.85. The predicted octanol–water partition coefficient (Wildman–Crippen LogP) is 4.28. The minimum absolute atomic E-state index is 0.0122. The van der Waals surface area contributed by atoms with Gasteiger partial charge in [-0.1, -0.05) is 36.1 Å². The van der Waals surface area contributed by atoms with Gasteiger partial charge in [-0.05, 0) is 104 Å². The number of rotatable bonds is 13. The quantitative estimate of drug-likeness (QED) is 0.0642. The Hall–Kier alpha value is -6.49. The second kappa shape index (κ2) is 18.2. The minimum atomic E-state index is -4.13. The lowest BCUT2D eigenvalue weighted by Gasteiger charge is -2.48. The Morgan fingerprint density at radius 2 is 1.68 bits per heavy atom. The van der Waals surface area contributed by atoms with Gasteiger partial charge in [0.25, 0.3) is 0 Å². The molecule has 0 bridgehead atoms. The van der Waals surface area contributed by atoms with E-state index in [0.29, 0.717) is 45.2 Å². The Balaban J connectivity index is 0.913. The number of fused-ring (bicyclic) bond motifs is 2. The molecule has 4 aliphatic rings. The molecule has 3 aromatic carbocycles. The summed E-state index contributed by atoms with van der Waals surface area (Å²) in [6.45, 7) is -0.663. The van der Waals surface area contributed by atoms with Gasteiger partial charge in [0.1, 0.15) is 35.6 Å². The third-order valence-electron chi connectivity index (χ3n) is 12.3. The SMILES string of the molecule is Cc1cc(C)n2c1C=C1C=CC(CCC(=O)NCC#Cc3ccc(N4C(=O)[C@H](CC[C@H](O)c5ccc(F)cc5)[C@H]4c4ccc(OC5O[C@H](C(=O)O)[C@@H](O)[C@H](O)[C@H]5O)cc4)cc3)=[N+]1[B-]2(F)F. The van der Waals surface area contributed by atoms with Crippen LogP contribution >= 0.6 is 0 Å². The fraction of sp³-hybridized carbons (Fsp3) is 0.319. The van der Waals surface area contributed by atoms with Crippen molar-refractivity contribution < 1.29 is 66.9 Å². The molecule has 65 heavy (non-hydrogen) atoms. The van der Waals surface area contributed by atoms with Crippen LogP contribution in [0.15, 0.2) is 96.7 Å². The van der Waals surface area contributed by atoms with Crippen LogP contribution in [0, 0.1) is 37.4 Å². The van der Waals surface area contributed by atoms with Crippen molar-refractivity contribution in [2.75, 3.05) is 11.4 Å². The van der Waals surface area contributed by atoms with Gasteiger partial charge in [-0.15, -0.1) is 0 Å². The van der Waals surface area contributed by atoms with Gasteiger partial charge >= 0.3 is 12.9 Å². The van der Waals surface area contributed by atoms with E-state index in [1.165, 1.54) is 36.4 Å². The lowest BCUT2D eigenvalue weighted by Crippen LogP contribution is -2.61. The number of carbonyl (C=O) groups is 3. The number of aliphatic carboxylic acids is 1. The third-order valence-corrected chi connectivity index (χ3v) is 12.3. The number of β-lactam (4-membered cyclic amide) rings is 1. The van der Waals surface area contributed by atoms with Gasteiger partial charge in [-0.25, -0.2) is 9.18 Å². The average molecular weight is 895 g/mol. The van der Waals surface area contributed by atoms with Gasteiger partial charge in [0, 0.05) is 48.0 Å². The molecule has 8 atom stereocenters. The Kier molecular flexibility index (Phi) is 12.6. The zero-order valence-corrected chi connectivity index (χ0v) is 35.2. The van der Waals surface area contributed by atoms with Crippen LogP contribution in [0.2, 0.25) is 0 Å². The summed E-state index contributed by atoms with van der Waals surface area (Å²) >= 11 is 0. The fourth-order valence-corrected chi connectivity index (χ4v) is 8.94. The summed E-state index contributed by atoms with van der Waals surface area (Å²) in [5.74, 6) is 2.89. The number of ether oxygens (including phenoxy) is 2. The number of aliphatic hydroxyl groups is 4. The zero-order valence-electron chi connectivity index (χ0n) is 35.2. The van der Waals surface area contributed by atoms with E-state index in [1.807, 2.05) is 0 Å². The molecule has 1 unspecified atom stereocenters. The lowest BCUT2D eigenvalue weighted by molar-refractivity contribution is -0.362. The number of halogens is 3. The Labute approximate surface area is 371 Å². The van der Waals surface area contributed by atoms with Crippen LogP contribution in [-0.4, -0.2) is 102 Å². The number of anilines is 1. The molecule has 1 aromatic heterocycles. The van der Waals surface area contributed by atoms with Gasteiger partial charge in [-0.2, -0.15) is 0 Å². The standard InChI is InChI=1S/C47H46BF3N4O10/c1-26-24-27(2)54-37(26)25-34-16-15-33(55(34)48(54,50)51)17-22-39(57)52-23-3-4-28-5-13-32(14-6-28)53-40(36(45(53)61)20-21-38(56)29-7-11-31(49)12-8-29)30-9-18-35(19-10-30)64-47-43(60)41(58)42(59)44(65-47)46(62)63/h5-16,18-19,24-25,36,38,40-44,47,56,58-60H,17,20-23H2,1-2H3,(H,52,57)(H,62,63)/t36-,38+,40-,41+,42+,43-,44+,47?/m1/s1. The second-order valence-corrected chi connectivity index (χ2v) is 16.5. The van der Waals surface area contributed by atoms with E-state index in [4.69, 9.17) is 9.47 Å². The molecule has 338 valence electrons. The molecule has 18 heteroatoms. The van der Waals surface area contributed by atoms with E-state index < -0.39 is 67.5 Å². The van der Waals surface area contributed by atoms with Crippen molar-refractivity contribution in [3.8, 4) is 17.6 Å². The van der Waals surface area contributed by atoms with Crippen LogP contribution in [-0.2, 0) is 19.1 Å². The normalized spacial score (nSPS) is 24.6. The van der Waals surface area contributed by atoms with Gasteiger partial charge in [0.05, 0.1) is 24.6 Å². The van der Waals surface area contributed by atoms with Gasteiger partial charge in [-0.3, -0.25) is 9.59 Å². The second-order valence-electron chi connectivity index (χ2n) is 16.5. The summed E-state index contributed by atoms with van der Waals surface area (Å²) in [4.78, 5) is 39.7. The van der Waals surface area contributed by atoms with Gasteiger partial charge < -0.3 is 62.8 Å². The molecule has 2 saturated heterocycles. The predicted molar refractivity (Wildman–Crippen MR) is 231 cm³/mol. The molecule has 14 nitrogen and oxygen atoms in total. The molecular weight excluding hydrogens is 848 g/mol. The highest BCUT2D eigenvalue weighted by Crippen LogP contribution is 2.47. The number of nitrogens with one attached hydrogen (secondary N) is 1. The molecule has 8 rings (SSSR count). The summed E-state index contributed by atoms with van der Waals surface area (Å²) in [6, 6.07) is 20.0. The summed E-state index contributed by atoms with van der Waals surface area (Å²) in [7, 11) is 0. The Bertz CT molecular complexity index is 2660. The van der Waals surface area contributed by atoms with Crippen molar-refractivity contribution >= 4 is 42.2 Å². The molecule has 2 amide bonds. The first-order chi connectivity index (χ1) is 31.0. The first kappa shape index (κ1) is 45.1. The first-order valence-corrected chi connectivity index (χ1v) is 21.1. The number of allylic oxidation sites excluding steroid dienone is 2. The average Bonchev–Trinajstić information content (AvgIpc) is 3.84. The molecule has 0 aliphatic carbocycles. The van der Waals surface area contributed by atoms with Crippen molar-refractivity contribution in [1.82, 2.24) is 9.79 Å². The molecule has 4 aromatic rings. The number of carboxylic acid groups (broad SMARTS) is 1. The van der Waals surface area contributed by atoms with Crippen LogP contribution in [0.3, 0.4) is 0 Å². The van der Waals surface area contributed by atoms with Crippen LogP contribution in [0.25, 0.3) is 6.08 Å². The van der Waals surface area contributed by atoms with Crippen LogP contribution in [0.4, 0.5) is 18.7 Å². The number of hydrogen-bond acceptors (Lipinski definition) is 9. The molecular formula is C47H46BF3N4O10. The Morgan fingerprint density at radius 1 is 0.969 bits per heavy atom. The molecule has 0 radical (unpaired) electrons. The number of aromatic nitrogens is 1. The van der Waals surface area contributed by atoms with Crippen molar-refractivity contribution in [3.05, 3.63) is 136 Å². The summed E-state index contributed by atoms with van der Waals surface area (Å²) in [6.07, 6.45) is -4.36. The van der Waals surface area contributed by atoms with Crippen LogP contribution in [0.5, 0.6) is 5.75 Å². The van der Waals surface area contributed by atoms with E-state index in [9.17, 15) is 44.3 Å². The maximum atomic E-state index is 15.7. The highest BCUT2D eigenvalue weighted by Gasteiger charge is 2.53. The molecule has 0 saturated carbocycles. The number of aliphatic hydroxyl groups excluding tert-OH is 4. The molecule has 6 N–H and O–H groups in total. The number of aryl methyl sites for hydroxylation is 2. The van der Waals surface area contributed by atoms with Crippen molar-refractivity contribution in [1.29, 1.82) is 0 Å². The molecule has 5 heterocycles. The number of carboxylic acids is 1. The van der Waals surface area contributed by atoms with E-state index in [2.05, 4.69) is 17.2 Å². The monoisotopic (exact) mass is 894 g/mol. The lowest BCUT2D eigenvalue weighted by atomic mass is 9.78. The van der Waals surface area contributed by atoms with E-state index in [-0.39, 0.29) is 49.8 Å². The highest BCUT2D eigenvalue weighted by molar-refractivity contribution is 6.58. The maximum Gasteiger partial charge on any atom is 0.737 e. The molecule has 4 aliphatic heterocycles. The first-order valence-electron chi connectivity index (χ1n) is 21.1. The van der Waals surface area contributed by atoms with Gasteiger partial charge in [0.2, 0.25) is 18.1 Å².